The third kappa shape index (κ3) is 7.42. The number of hydrogen-bond acceptors (Lipinski definition) is 4. The van der Waals surface area contributed by atoms with Gasteiger partial charge in [0.2, 0.25) is 0 Å². The average molecular weight is 187 g/mol. The third-order valence-electron chi connectivity index (χ3n) is 1.26. The van der Waals surface area contributed by atoms with Crippen LogP contribution in [0.25, 0.3) is 0 Å². The number of unbranched alkanes of at least 4 members (excludes halogenated alkanes) is 1. The van der Waals surface area contributed by atoms with Crippen molar-refractivity contribution in [2.45, 2.75) is 19.3 Å². The molecule has 0 fully saturated rings. The molecule has 3 nitrogen and oxygen atoms in total. The van der Waals surface area contributed by atoms with Gasteiger partial charge in [0.05, 0.1) is 19.6 Å². The second-order valence-electron chi connectivity index (χ2n) is 2.20. The summed E-state index contributed by atoms with van der Waals surface area (Å²) < 4.78 is 4.47. The summed E-state index contributed by atoms with van der Waals surface area (Å²) in [5, 5.41) is 8.22. The van der Waals surface area contributed by atoms with Crippen LogP contribution < -0.4 is 0 Å². The van der Waals surface area contributed by atoms with Gasteiger partial charge in [-0.2, -0.15) is 17.0 Å². The van der Waals surface area contributed by atoms with E-state index < -0.39 is 0 Å². The van der Waals surface area contributed by atoms with E-state index in [2.05, 4.69) is 10.8 Å². The van der Waals surface area contributed by atoms with Crippen LogP contribution >= 0.6 is 11.8 Å². The maximum atomic E-state index is 10.6. The van der Waals surface area contributed by atoms with Gasteiger partial charge in [-0.1, -0.05) is 0 Å². The molecule has 0 N–H and O–H groups in total. The standard InChI is InChI=1S/C8H13NO2S/c1-11-8(10)4-7-12-6-3-2-5-9/h2-4,6-7H2,1H3. The van der Waals surface area contributed by atoms with Crippen molar-refractivity contribution in [2.24, 2.45) is 0 Å². The smallest absolute Gasteiger partial charge is 0.306 e. The summed E-state index contributed by atoms with van der Waals surface area (Å²) in [7, 11) is 1.39. The summed E-state index contributed by atoms with van der Waals surface area (Å²) in [5.74, 6) is 1.57. The van der Waals surface area contributed by atoms with Crippen LogP contribution in [0.2, 0.25) is 0 Å². The topological polar surface area (TPSA) is 50.1 Å². The van der Waals surface area contributed by atoms with Crippen molar-refractivity contribution in [2.75, 3.05) is 18.6 Å². The highest BCUT2D eigenvalue weighted by molar-refractivity contribution is 7.99. The number of thioether (sulfide) groups is 1. The van der Waals surface area contributed by atoms with E-state index >= 15 is 0 Å². The molecule has 0 heterocycles. The number of nitriles is 1. The first-order valence-electron chi connectivity index (χ1n) is 3.82. The van der Waals surface area contributed by atoms with Gasteiger partial charge in [0.15, 0.2) is 0 Å². The molecule has 0 rings (SSSR count). The van der Waals surface area contributed by atoms with Gasteiger partial charge in [0.25, 0.3) is 0 Å². The Morgan fingerprint density at radius 2 is 2.33 bits per heavy atom. The molecule has 0 spiro atoms. The van der Waals surface area contributed by atoms with Crippen molar-refractivity contribution in [1.82, 2.24) is 0 Å². The fourth-order valence-electron chi connectivity index (χ4n) is 0.613. The Morgan fingerprint density at radius 3 is 2.92 bits per heavy atom. The number of rotatable bonds is 6. The van der Waals surface area contributed by atoms with Crippen LogP contribution in [0.15, 0.2) is 0 Å². The van der Waals surface area contributed by atoms with Gasteiger partial charge in [0, 0.05) is 12.2 Å². The zero-order valence-corrected chi connectivity index (χ0v) is 8.02. The number of carbonyl (C=O) groups is 1. The highest BCUT2D eigenvalue weighted by Crippen LogP contribution is 2.06. The molecule has 0 radical (unpaired) electrons. The minimum Gasteiger partial charge on any atom is -0.469 e. The van der Waals surface area contributed by atoms with E-state index in [0.717, 1.165) is 17.9 Å². The first-order valence-corrected chi connectivity index (χ1v) is 4.98. The average Bonchev–Trinajstić information content (AvgIpc) is 2.10. The van der Waals surface area contributed by atoms with Gasteiger partial charge in [-0.3, -0.25) is 4.79 Å². The van der Waals surface area contributed by atoms with Crippen molar-refractivity contribution in [3.63, 3.8) is 0 Å². The van der Waals surface area contributed by atoms with Crippen molar-refractivity contribution < 1.29 is 9.53 Å². The monoisotopic (exact) mass is 187 g/mol. The minimum absolute atomic E-state index is 0.164. The van der Waals surface area contributed by atoms with Crippen LogP contribution in [0.5, 0.6) is 0 Å². The maximum absolute atomic E-state index is 10.6. The number of carbonyl (C=O) groups excluding carboxylic acids is 1. The zero-order valence-electron chi connectivity index (χ0n) is 7.21. The van der Waals surface area contributed by atoms with Gasteiger partial charge in [0.1, 0.15) is 0 Å². The van der Waals surface area contributed by atoms with Gasteiger partial charge in [-0.25, -0.2) is 0 Å². The summed E-state index contributed by atoms with van der Waals surface area (Å²) in [6.45, 7) is 0. The van der Waals surface area contributed by atoms with Crippen LogP contribution in [0, 0.1) is 11.3 Å². The fourth-order valence-corrected chi connectivity index (χ4v) is 1.48. The van der Waals surface area contributed by atoms with E-state index in [9.17, 15) is 4.79 Å². The number of hydrogen-bond donors (Lipinski definition) is 0. The third-order valence-corrected chi connectivity index (χ3v) is 2.33. The SMILES string of the molecule is COC(=O)CCSCCCC#N. The van der Waals surface area contributed by atoms with Gasteiger partial charge >= 0.3 is 5.97 Å². The van der Waals surface area contributed by atoms with Crippen molar-refractivity contribution in [3.05, 3.63) is 0 Å². The van der Waals surface area contributed by atoms with E-state index in [4.69, 9.17) is 5.26 Å². The maximum Gasteiger partial charge on any atom is 0.306 e. The second kappa shape index (κ2) is 8.41. The minimum atomic E-state index is -0.164. The number of methoxy groups -OCH3 is 1. The molecule has 0 unspecified atom stereocenters. The Balaban J connectivity index is 3.01. The molecule has 0 saturated carbocycles. The first-order chi connectivity index (χ1) is 5.81. The number of esters is 1. The van der Waals surface area contributed by atoms with Crippen LogP contribution in [-0.2, 0) is 9.53 Å². The Kier molecular flexibility index (Phi) is 7.92. The molecule has 0 aromatic heterocycles. The molecular weight excluding hydrogens is 174 g/mol. The summed E-state index contributed by atoms with van der Waals surface area (Å²) >= 11 is 1.68. The molecule has 0 aromatic rings. The quantitative estimate of drug-likeness (QED) is 0.468. The van der Waals surface area contributed by atoms with E-state index in [1.807, 2.05) is 0 Å². The highest BCUT2D eigenvalue weighted by Gasteiger charge is 1.98. The Hall–Kier alpha value is -0.690. The van der Waals surface area contributed by atoms with Gasteiger partial charge in [-0.05, 0) is 12.2 Å². The van der Waals surface area contributed by atoms with E-state index in [0.29, 0.717) is 12.8 Å². The lowest BCUT2D eigenvalue weighted by atomic mass is 10.4. The molecule has 68 valence electrons. The Bertz CT molecular complexity index is 165. The van der Waals surface area contributed by atoms with Crippen LogP contribution in [-0.4, -0.2) is 24.6 Å². The van der Waals surface area contributed by atoms with Crippen molar-refractivity contribution in [3.8, 4) is 6.07 Å². The zero-order chi connectivity index (χ0) is 9.23. The lowest BCUT2D eigenvalue weighted by Crippen LogP contribution is -2.01. The molecule has 0 saturated heterocycles. The summed E-state index contributed by atoms with van der Waals surface area (Å²) in [6, 6.07) is 2.07. The van der Waals surface area contributed by atoms with Crippen LogP contribution in [0.4, 0.5) is 0 Å². The van der Waals surface area contributed by atoms with Crippen molar-refractivity contribution >= 4 is 17.7 Å². The van der Waals surface area contributed by atoms with E-state index in [1.165, 1.54) is 7.11 Å². The van der Waals surface area contributed by atoms with Crippen LogP contribution in [0.3, 0.4) is 0 Å². The molecule has 0 aliphatic carbocycles. The molecule has 0 aromatic carbocycles. The first kappa shape index (κ1) is 11.3. The Morgan fingerprint density at radius 1 is 1.58 bits per heavy atom. The molecule has 4 heteroatoms. The predicted octanol–water partition coefficient (Wildman–Crippen LogP) is 1.59. The summed E-state index contributed by atoms with van der Waals surface area (Å²) in [4.78, 5) is 10.6. The number of nitrogens with zero attached hydrogens (tertiary/aromatic N) is 1. The Labute approximate surface area is 77.1 Å². The molecule has 0 amide bonds. The summed E-state index contributed by atoms with van der Waals surface area (Å²) in [5.41, 5.74) is 0. The molecule has 0 bridgehead atoms. The normalized spacial score (nSPS) is 9.00. The van der Waals surface area contributed by atoms with Crippen LogP contribution in [0.1, 0.15) is 19.3 Å². The lowest BCUT2D eigenvalue weighted by molar-refractivity contribution is -0.140. The molecule has 0 atom stereocenters. The molecule has 12 heavy (non-hydrogen) atoms. The predicted molar refractivity (Wildman–Crippen MR) is 48.8 cm³/mol. The van der Waals surface area contributed by atoms with Gasteiger partial charge in [-0.15, -0.1) is 0 Å². The largest absolute Gasteiger partial charge is 0.469 e. The molecular formula is C8H13NO2S. The lowest BCUT2D eigenvalue weighted by Gasteiger charge is -1.98. The van der Waals surface area contributed by atoms with E-state index in [-0.39, 0.29) is 5.97 Å². The highest BCUT2D eigenvalue weighted by atomic mass is 32.2. The molecule has 0 aliphatic heterocycles. The fraction of sp³-hybridized carbons (Fsp3) is 0.750. The molecule has 0 aliphatic rings. The van der Waals surface area contributed by atoms with Crippen molar-refractivity contribution in [1.29, 1.82) is 5.26 Å². The summed E-state index contributed by atoms with van der Waals surface area (Å²) in [6.07, 6.45) is 1.97. The second-order valence-corrected chi connectivity index (χ2v) is 3.42. The van der Waals surface area contributed by atoms with Gasteiger partial charge < -0.3 is 4.74 Å². The van der Waals surface area contributed by atoms with E-state index in [1.54, 1.807) is 11.8 Å². The number of ether oxygens (including phenoxy) is 1.